The molecule has 1 rings (SSSR count). The van der Waals surface area contributed by atoms with Crippen LogP contribution in [0.3, 0.4) is 0 Å². The molecule has 0 saturated heterocycles. The summed E-state index contributed by atoms with van der Waals surface area (Å²) in [4.78, 5) is 0. The number of rotatable bonds is 4. The highest BCUT2D eigenvalue weighted by Crippen LogP contribution is 2.27. The van der Waals surface area contributed by atoms with E-state index in [1.165, 1.54) is 0 Å². The normalized spacial score (nSPS) is 14.6. The van der Waals surface area contributed by atoms with Crippen LogP contribution in [0.5, 0.6) is 5.75 Å². The first-order valence-electron chi connectivity index (χ1n) is 5.51. The molecular weight excluding hydrogens is 202 g/mol. The average Bonchev–Trinajstić information content (AvgIpc) is 2.23. The monoisotopic (exact) mass is 223 g/mol. The van der Waals surface area contributed by atoms with E-state index in [0.717, 1.165) is 22.4 Å². The molecule has 0 bridgehead atoms. The van der Waals surface area contributed by atoms with Gasteiger partial charge in [0.05, 0.1) is 19.3 Å². The number of nitrogens with one attached hydrogen (secondary N) is 1. The second-order valence-corrected chi connectivity index (χ2v) is 4.19. The zero-order chi connectivity index (χ0) is 12.3. The third kappa shape index (κ3) is 2.54. The fraction of sp³-hybridized carbons (Fsp3) is 0.538. The number of hydrogen-bond acceptors (Lipinski definition) is 3. The second kappa shape index (κ2) is 5.32. The Bertz CT molecular complexity index is 361. The highest BCUT2D eigenvalue weighted by atomic mass is 16.5. The standard InChI is InChI=1S/C13H21NO2/c1-8-7-12(16-5)9(2)6-11(8)13(14-4)10(3)15/h6-7,10,13-15H,1-5H3. The van der Waals surface area contributed by atoms with Gasteiger partial charge in [-0.3, -0.25) is 0 Å². The second-order valence-electron chi connectivity index (χ2n) is 4.19. The molecule has 1 aromatic rings. The highest BCUT2D eigenvalue weighted by molar-refractivity contribution is 5.43. The lowest BCUT2D eigenvalue weighted by molar-refractivity contribution is 0.149. The summed E-state index contributed by atoms with van der Waals surface area (Å²) >= 11 is 0. The van der Waals surface area contributed by atoms with Crippen LogP contribution in [0.4, 0.5) is 0 Å². The van der Waals surface area contributed by atoms with Crippen LogP contribution in [-0.2, 0) is 0 Å². The summed E-state index contributed by atoms with van der Waals surface area (Å²) in [6, 6.07) is 4.05. The van der Waals surface area contributed by atoms with Crippen LogP contribution in [0.1, 0.15) is 29.7 Å². The summed E-state index contributed by atoms with van der Waals surface area (Å²) in [5, 5.41) is 12.8. The summed E-state index contributed by atoms with van der Waals surface area (Å²) in [7, 11) is 3.53. The van der Waals surface area contributed by atoms with E-state index >= 15 is 0 Å². The number of aliphatic hydroxyl groups excluding tert-OH is 1. The fourth-order valence-corrected chi connectivity index (χ4v) is 2.02. The predicted octanol–water partition coefficient (Wildman–Crippen LogP) is 1.95. The molecule has 3 heteroatoms. The van der Waals surface area contributed by atoms with E-state index in [0.29, 0.717) is 0 Å². The SMILES string of the molecule is CNC(c1cc(C)c(OC)cc1C)C(C)O. The van der Waals surface area contributed by atoms with Gasteiger partial charge in [-0.05, 0) is 50.6 Å². The molecule has 0 radical (unpaired) electrons. The first-order valence-corrected chi connectivity index (χ1v) is 5.51. The summed E-state index contributed by atoms with van der Waals surface area (Å²) in [6.07, 6.45) is -0.420. The van der Waals surface area contributed by atoms with E-state index in [9.17, 15) is 5.11 Å². The number of hydrogen-bond donors (Lipinski definition) is 2. The van der Waals surface area contributed by atoms with Gasteiger partial charge in [0, 0.05) is 0 Å². The van der Waals surface area contributed by atoms with Gasteiger partial charge in [0.1, 0.15) is 5.75 Å². The maximum absolute atomic E-state index is 9.71. The van der Waals surface area contributed by atoms with Gasteiger partial charge in [0.2, 0.25) is 0 Å². The maximum Gasteiger partial charge on any atom is 0.122 e. The van der Waals surface area contributed by atoms with E-state index in [4.69, 9.17) is 4.74 Å². The lowest BCUT2D eigenvalue weighted by Gasteiger charge is -2.23. The summed E-state index contributed by atoms with van der Waals surface area (Å²) in [6.45, 7) is 5.83. The van der Waals surface area contributed by atoms with Crippen molar-refractivity contribution in [2.75, 3.05) is 14.2 Å². The molecule has 0 heterocycles. The van der Waals surface area contributed by atoms with Crippen molar-refractivity contribution >= 4 is 0 Å². The van der Waals surface area contributed by atoms with Crippen molar-refractivity contribution in [3.8, 4) is 5.75 Å². The molecule has 0 saturated carbocycles. The third-order valence-electron chi connectivity index (χ3n) is 2.91. The van der Waals surface area contributed by atoms with Crippen LogP contribution in [-0.4, -0.2) is 25.4 Å². The van der Waals surface area contributed by atoms with Crippen molar-refractivity contribution in [2.45, 2.75) is 32.9 Å². The average molecular weight is 223 g/mol. The minimum Gasteiger partial charge on any atom is -0.496 e. The van der Waals surface area contributed by atoms with Crippen molar-refractivity contribution < 1.29 is 9.84 Å². The van der Waals surface area contributed by atoms with E-state index < -0.39 is 6.10 Å². The lowest BCUT2D eigenvalue weighted by Crippen LogP contribution is -2.27. The molecule has 0 amide bonds. The zero-order valence-electron chi connectivity index (χ0n) is 10.7. The number of aryl methyl sites for hydroxylation is 2. The predicted molar refractivity (Wildman–Crippen MR) is 65.9 cm³/mol. The van der Waals surface area contributed by atoms with Gasteiger partial charge >= 0.3 is 0 Å². The maximum atomic E-state index is 9.71. The van der Waals surface area contributed by atoms with Gasteiger partial charge in [-0.25, -0.2) is 0 Å². The quantitative estimate of drug-likeness (QED) is 0.820. The Morgan fingerprint density at radius 1 is 1.25 bits per heavy atom. The summed E-state index contributed by atoms with van der Waals surface area (Å²) < 4.78 is 5.27. The molecule has 0 aliphatic heterocycles. The van der Waals surface area contributed by atoms with Crippen molar-refractivity contribution in [2.24, 2.45) is 0 Å². The van der Waals surface area contributed by atoms with Gasteiger partial charge in [0.15, 0.2) is 0 Å². The van der Waals surface area contributed by atoms with Gasteiger partial charge in [-0.15, -0.1) is 0 Å². The Kier molecular flexibility index (Phi) is 4.33. The van der Waals surface area contributed by atoms with E-state index in [1.54, 1.807) is 14.0 Å². The summed E-state index contributed by atoms with van der Waals surface area (Å²) in [5.74, 6) is 0.890. The number of aliphatic hydroxyl groups is 1. The van der Waals surface area contributed by atoms with Gasteiger partial charge in [0.25, 0.3) is 0 Å². The van der Waals surface area contributed by atoms with Gasteiger partial charge < -0.3 is 15.2 Å². The molecule has 16 heavy (non-hydrogen) atoms. The van der Waals surface area contributed by atoms with Crippen molar-refractivity contribution in [1.82, 2.24) is 5.32 Å². The molecule has 90 valence electrons. The van der Waals surface area contributed by atoms with Crippen molar-refractivity contribution in [3.05, 3.63) is 28.8 Å². The van der Waals surface area contributed by atoms with Gasteiger partial charge in [-0.1, -0.05) is 6.07 Å². The number of methoxy groups -OCH3 is 1. The van der Waals surface area contributed by atoms with Crippen LogP contribution < -0.4 is 10.1 Å². The van der Waals surface area contributed by atoms with E-state index in [2.05, 4.69) is 11.4 Å². The molecule has 0 fully saturated rings. The Morgan fingerprint density at radius 2 is 1.88 bits per heavy atom. The Hall–Kier alpha value is -1.06. The van der Waals surface area contributed by atoms with Crippen LogP contribution >= 0.6 is 0 Å². The molecular formula is C13H21NO2. The highest BCUT2D eigenvalue weighted by Gasteiger charge is 2.18. The Balaban J connectivity index is 3.18. The third-order valence-corrected chi connectivity index (χ3v) is 2.91. The molecule has 0 aliphatic carbocycles. The smallest absolute Gasteiger partial charge is 0.122 e. The molecule has 0 aromatic heterocycles. The van der Waals surface area contributed by atoms with E-state index in [1.807, 2.05) is 27.0 Å². The number of likely N-dealkylation sites (N-methyl/N-ethyl adjacent to an activating group) is 1. The Labute approximate surface area is 97.4 Å². The lowest BCUT2D eigenvalue weighted by atomic mass is 9.95. The first-order chi connectivity index (χ1) is 7.51. The Morgan fingerprint density at radius 3 is 2.31 bits per heavy atom. The minimum absolute atomic E-state index is 0.0374. The topological polar surface area (TPSA) is 41.5 Å². The molecule has 2 atom stereocenters. The summed E-state index contributed by atoms with van der Waals surface area (Å²) in [5.41, 5.74) is 3.34. The van der Waals surface area contributed by atoms with Crippen LogP contribution in [0.25, 0.3) is 0 Å². The molecule has 2 N–H and O–H groups in total. The van der Waals surface area contributed by atoms with E-state index in [-0.39, 0.29) is 6.04 Å². The van der Waals surface area contributed by atoms with Crippen molar-refractivity contribution in [1.29, 1.82) is 0 Å². The van der Waals surface area contributed by atoms with Crippen molar-refractivity contribution in [3.63, 3.8) is 0 Å². The minimum atomic E-state index is -0.420. The van der Waals surface area contributed by atoms with Crippen LogP contribution in [0.2, 0.25) is 0 Å². The molecule has 2 unspecified atom stereocenters. The number of ether oxygens (including phenoxy) is 1. The number of benzene rings is 1. The van der Waals surface area contributed by atoms with Crippen LogP contribution in [0.15, 0.2) is 12.1 Å². The molecule has 3 nitrogen and oxygen atoms in total. The molecule has 0 spiro atoms. The largest absolute Gasteiger partial charge is 0.496 e. The van der Waals surface area contributed by atoms with Crippen LogP contribution in [0, 0.1) is 13.8 Å². The fourth-order valence-electron chi connectivity index (χ4n) is 2.02. The van der Waals surface area contributed by atoms with Gasteiger partial charge in [-0.2, -0.15) is 0 Å². The first kappa shape index (κ1) is 13.0. The molecule has 1 aromatic carbocycles. The zero-order valence-corrected chi connectivity index (χ0v) is 10.7. The molecule has 0 aliphatic rings.